The Kier molecular flexibility index (Phi) is 2.84. The summed E-state index contributed by atoms with van der Waals surface area (Å²) in [6.45, 7) is 1.66. The monoisotopic (exact) mass is 245 g/mol. The van der Waals surface area contributed by atoms with Crippen molar-refractivity contribution in [1.82, 2.24) is 4.98 Å². The van der Waals surface area contributed by atoms with Crippen molar-refractivity contribution in [2.24, 2.45) is 0 Å². The summed E-state index contributed by atoms with van der Waals surface area (Å²) < 4.78 is 0. The molecule has 0 radical (unpaired) electrons. The van der Waals surface area contributed by atoms with Crippen LogP contribution in [0.25, 0.3) is 0 Å². The number of nitrogens with zero attached hydrogens (tertiary/aromatic N) is 2. The van der Waals surface area contributed by atoms with E-state index in [0.29, 0.717) is 21.1 Å². The molecule has 0 fully saturated rings. The van der Waals surface area contributed by atoms with Gasteiger partial charge in [-0.3, -0.25) is 0 Å². The fourth-order valence-corrected chi connectivity index (χ4v) is 2.30. The number of aliphatic hydroxyl groups is 1. The zero-order valence-electron chi connectivity index (χ0n) is 9.21. The predicted molar refractivity (Wildman–Crippen MR) is 66.4 cm³/mol. The first-order valence-electron chi connectivity index (χ1n) is 4.99. The molecule has 3 N–H and O–H groups in total. The number of hydrogen-bond donors (Lipinski definition) is 2. The molecule has 5 heteroatoms. The van der Waals surface area contributed by atoms with E-state index in [-0.39, 0.29) is 0 Å². The molecular weight excluding hydrogens is 234 g/mol. The maximum Gasteiger partial charge on any atom is 0.180 e. The van der Waals surface area contributed by atoms with Crippen LogP contribution in [0.4, 0.5) is 5.13 Å². The van der Waals surface area contributed by atoms with Gasteiger partial charge in [0.25, 0.3) is 0 Å². The van der Waals surface area contributed by atoms with Crippen molar-refractivity contribution in [3.05, 3.63) is 46.5 Å². The van der Waals surface area contributed by atoms with Crippen LogP contribution in [0.15, 0.2) is 30.5 Å². The molecule has 0 spiro atoms. The van der Waals surface area contributed by atoms with Crippen LogP contribution in [0.5, 0.6) is 0 Å². The van der Waals surface area contributed by atoms with Gasteiger partial charge in [-0.2, -0.15) is 5.26 Å². The average molecular weight is 245 g/mol. The standard InChI is InChI=1S/C12H11N3OS/c1-12(16,10-7-15-11(14)17-10)9-4-2-3-8(5-9)6-13/h2-5,7,16H,1H3,(H2,14,15). The van der Waals surface area contributed by atoms with Crippen molar-refractivity contribution < 1.29 is 5.11 Å². The number of nitrogens with two attached hydrogens (primary N) is 1. The SMILES string of the molecule is CC(O)(c1cccc(C#N)c1)c1cnc(N)s1. The maximum absolute atomic E-state index is 10.5. The maximum atomic E-state index is 10.5. The second-order valence-electron chi connectivity index (χ2n) is 3.83. The number of nitriles is 1. The van der Waals surface area contributed by atoms with E-state index in [1.807, 2.05) is 6.07 Å². The highest BCUT2D eigenvalue weighted by atomic mass is 32.1. The van der Waals surface area contributed by atoms with Crippen LogP contribution in [-0.4, -0.2) is 10.1 Å². The van der Waals surface area contributed by atoms with E-state index in [9.17, 15) is 5.11 Å². The third kappa shape index (κ3) is 2.13. The topological polar surface area (TPSA) is 82.9 Å². The minimum Gasteiger partial charge on any atom is -0.380 e. The Hall–Kier alpha value is -1.90. The molecule has 17 heavy (non-hydrogen) atoms. The van der Waals surface area contributed by atoms with Gasteiger partial charge in [0.1, 0.15) is 5.60 Å². The number of rotatable bonds is 2. The summed E-state index contributed by atoms with van der Waals surface area (Å²) in [6, 6.07) is 8.92. The van der Waals surface area contributed by atoms with Gasteiger partial charge in [-0.15, -0.1) is 0 Å². The summed E-state index contributed by atoms with van der Waals surface area (Å²) in [5.41, 5.74) is 5.54. The van der Waals surface area contributed by atoms with Gasteiger partial charge in [-0.1, -0.05) is 23.5 Å². The molecule has 0 aliphatic carbocycles. The van der Waals surface area contributed by atoms with Gasteiger partial charge in [0, 0.05) is 6.20 Å². The summed E-state index contributed by atoms with van der Waals surface area (Å²) in [4.78, 5) is 4.58. The van der Waals surface area contributed by atoms with Crippen LogP contribution in [0.1, 0.15) is 22.9 Å². The molecule has 1 heterocycles. The van der Waals surface area contributed by atoms with E-state index >= 15 is 0 Å². The highest BCUT2D eigenvalue weighted by molar-refractivity contribution is 7.15. The van der Waals surface area contributed by atoms with Crippen molar-refractivity contribution in [2.75, 3.05) is 5.73 Å². The number of anilines is 1. The lowest BCUT2D eigenvalue weighted by molar-refractivity contribution is 0.106. The number of aromatic nitrogens is 1. The molecule has 2 aromatic rings. The number of hydrogen-bond acceptors (Lipinski definition) is 5. The Bertz CT molecular complexity index is 583. The number of nitrogen functional groups attached to an aromatic ring is 1. The molecular formula is C12H11N3OS. The molecule has 1 aromatic carbocycles. The zero-order chi connectivity index (χ0) is 12.5. The molecule has 0 saturated carbocycles. The third-order valence-electron chi connectivity index (χ3n) is 2.56. The van der Waals surface area contributed by atoms with Gasteiger partial charge in [-0.05, 0) is 24.6 Å². The van der Waals surface area contributed by atoms with E-state index in [1.165, 1.54) is 11.3 Å². The Labute approximate surface area is 103 Å². The van der Waals surface area contributed by atoms with Crippen LogP contribution in [0.3, 0.4) is 0 Å². The van der Waals surface area contributed by atoms with Crippen LogP contribution >= 0.6 is 11.3 Å². The van der Waals surface area contributed by atoms with E-state index in [2.05, 4.69) is 4.98 Å². The first-order valence-corrected chi connectivity index (χ1v) is 5.80. The van der Waals surface area contributed by atoms with Crippen molar-refractivity contribution in [1.29, 1.82) is 5.26 Å². The predicted octanol–water partition coefficient (Wildman–Crippen LogP) is 1.85. The fraction of sp³-hybridized carbons (Fsp3) is 0.167. The Morgan fingerprint density at radius 2 is 2.29 bits per heavy atom. The second kappa shape index (κ2) is 4.17. The molecule has 2 rings (SSSR count). The largest absolute Gasteiger partial charge is 0.380 e. The van der Waals surface area contributed by atoms with E-state index < -0.39 is 5.60 Å². The third-order valence-corrected chi connectivity index (χ3v) is 3.59. The first kappa shape index (κ1) is 11.6. The number of benzene rings is 1. The van der Waals surface area contributed by atoms with E-state index in [1.54, 1.807) is 37.4 Å². The summed E-state index contributed by atoms with van der Waals surface area (Å²) >= 11 is 1.24. The van der Waals surface area contributed by atoms with Gasteiger partial charge in [0.15, 0.2) is 5.13 Å². The molecule has 0 amide bonds. The molecule has 1 unspecified atom stereocenters. The van der Waals surface area contributed by atoms with Gasteiger partial charge in [0.2, 0.25) is 0 Å². The summed E-state index contributed by atoms with van der Waals surface area (Å²) in [6.07, 6.45) is 1.55. The van der Waals surface area contributed by atoms with Gasteiger partial charge >= 0.3 is 0 Å². The Morgan fingerprint density at radius 1 is 1.53 bits per heavy atom. The lowest BCUT2D eigenvalue weighted by Gasteiger charge is -2.21. The molecule has 0 aliphatic rings. The normalized spacial score (nSPS) is 13.9. The zero-order valence-corrected chi connectivity index (χ0v) is 10.0. The Morgan fingerprint density at radius 3 is 2.88 bits per heavy atom. The molecule has 0 saturated heterocycles. The molecule has 1 atom stereocenters. The molecule has 86 valence electrons. The first-order chi connectivity index (χ1) is 8.04. The second-order valence-corrected chi connectivity index (χ2v) is 4.89. The minimum absolute atomic E-state index is 0.414. The van der Waals surface area contributed by atoms with Crippen LogP contribution in [0, 0.1) is 11.3 Å². The fourth-order valence-electron chi connectivity index (χ4n) is 1.55. The van der Waals surface area contributed by atoms with Gasteiger partial charge < -0.3 is 10.8 Å². The summed E-state index contributed by atoms with van der Waals surface area (Å²) in [5.74, 6) is 0. The van der Waals surface area contributed by atoms with Crippen LogP contribution < -0.4 is 5.73 Å². The van der Waals surface area contributed by atoms with Crippen molar-refractivity contribution >= 4 is 16.5 Å². The highest BCUT2D eigenvalue weighted by Crippen LogP contribution is 2.33. The van der Waals surface area contributed by atoms with E-state index in [4.69, 9.17) is 11.0 Å². The Balaban J connectivity index is 2.47. The van der Waals surface area contributed by atoms with Crippen molar-refractivity contribution in [3.8, 4) is 6.07 Å². The van der Waals surface area contributed by atoms with E-state index in [0.717, 1.165) is 0 Å². The molecule has 0 aliphatic heterocycles. The molecule has 1 aromatic heterocycles. The lowest BCUT2D eigenvalue weighted by atomic mass is 9.93. The number of thiazole rings is 1. The molecule has 4 nitrogen and oxygen atoms in total. The van der Waals surface area contributed by atoms with Gasteiger partial charge in [-0.25, -0.2) is 4.98 Å². The van der Waals surface area contributed by atoms with Crippen molar-refractivity contribution in [2.45, 2.75) is 12.5 Å². The minimum atomic E-state index is -1.18. The highest BCUT2D eigenvalue weighted by Gasteiger charge is 2.28. The van der Waals surface area contributed by atoms with Gasteiger partial charge in [0.05, 0.1) is 16.5 Å². The average Bonchev–Trinajstić information content (AvgIpc) is 2.76. The van der Waals surface area contributed by atoms with Crippen molar-refractivity contribution in [3.63, 3.8) is 0 Å². The smallest absolute Gasteiger partial charge is 0.180 e. The summed E-state index contributed by atoms with van der Waals surface area (Å²) in [5, 5.41) is 19.8. The van der Waals surface area contributed by atoms with Crippen LogP contribution in [-0.2, 0) is 5.60 Å². The summed E-state index contributed by atoms with van der Waals surface area (Å²) in [7, 11) is 0. The quantitative estimate of drug-likeness (QED) is 0.845. The van der Waals surface area contributed by atoms with Crippen LogP contribution in [0.2, 0.25) is 0 Å². The lowest BCUT2D eigenvalue weighted by Crippen LogP contribution is -2.21. The molecule has 0 bridgehead atoms.